The van der Waals surface area contributed by atoms with Crippen molar-refractivity contribution in [3.63, 3.8) is 0 Å². The van der Waals surface area contributed by atoms with Crippen LogP contribution in [0.5, 0.6) is 0 Å². The number of carbonyl (C=O) groups excluding carboxylic acids is 2. The van der Waals surface area contributed by atoms with Crippen LogP contribution in [0.25, 0.3) is 0 Å². The summed E-state index contributed by atoms with van der Waals surface area (Å²) in [6, 6.07) is -1.70. The number of fused-ring (bicyclic) bond motifs is 1. The normalized spacial score (nSPS) is 29.5. The van der Waals surface area contributed by atoms with Gasteiger partial charge in [-0.3, -0.25) is 4.90 Å². The number of nitrogens with zero attached hydrogens (tertiary/aromatic N) is 3. The lowest BCUT2D eigenvalue weighted by molar-refractivity contribution is -0.142. The molecule has 2 N–H and O–H groups in total. The second kappa shape index (κ2) is 3.51. The van der Waals surface area contributed by atoms with E-state index in [0.29, 0.717) is 0 Å². The zero-order chi connectivity index (χ0) is 12.9. The fourth-order valence-corrected chi connectivity index (χ4v) is 2.25. The van der Waals surface area contributed by atoms with Crippen LogP contribution in [0.1, 0.15) is 6.92 Å². The summed E-state index contributed by atoms with van der Waals surface area (Å²) in [4.78, 5) is 38.3. The molecule has 2 rings (SSSR count). The van der Waals surface area contributed by atoms with Crippen molar-refractivity contribution in [3.8, 4) is 0 Å². The first-order valence-electron chi connectivity index (χ1n) is 5.17. The third-order valence-corrected chi connectivity index (χ3v) is 3.27. The van der Waals surface area contributed by atoms with Crippen molar-refractivity contribution in [2.24, 2.45) is 0 Å². The van der Waals surface area contributed by atoms with E-state index in [2.05, 4.69) is 5.32 Å². The van der Waals surface area contributed by atoms with E-state index in [1.165, 1.54) is 21.6 Å². The lowest BCUT2D eigenvalue weighted by atomic mass is 10.2. The molecule has 4 amide bonds. The minimum atomic E-state index is -1.10. The van der Waals surface area contributed by atoms with Crippen molar-refractivity contribution in [2.75, 3.05) is 14.1 Å². The third kappa shape index (κ3) is 1.40. The molecule has 0 aromatic carbocycles. The van der Waals surface area contributed by atoms with Crippen LogP contribution >= 0.6 is 0 Å². The molecule has 2 fully saturated rings. The minimum absolute atomic E-state index is 0.248. The summed E-state index contributed by atoms with van der Waals surface area (Å²) >= 11 is 0. The highest BCUT2D eigenvalue weighted by Gasteiger charge is 2.54. The minimum Gasteiger partial charge on any atom is -0.480 e. The van der Waals surface area contributed by atoms with Gasteiger partial charge in [0.05, 0.1) is 0 Å². The molecule has 8 nitrogen and oxygen atoms in total. The van der Waals surface area contributed by atoms with Gasteiger partial charge >= 0.3 is 18.0 Å². The quantitative estimate of drug-likeness (QED) is 0.658. The van der Waals surface area contributed by atoms with Gasteiger partial charge in [-0.15, -0.1) is 0 Å². The Hall–Kier alpha value is -1.99. The van der Waals surface area contributed by atoms with E-state index >= 15 is 0 Å². The zero-order valence-corrected chi connectivity index (χ0v) is 9.75. The van der Waals surface area contributed by atoms with Gasteiger partial charge in [-0.05, 0) is 6.92 Å². The molecule has 0 bridgehead atoms. The number of carbonyl (C=O) groups is 3. The van der Waals surface area contributed by atoms with E-state index in [9.17, 15) is 14.4 Å². The summed E-state index contributed by atoms with van der Waals surface area (Å²) in [6.07, 6.45) is -1.08. The number of carboxylic acids is 1. The Kier molecular flexibility index (Phi) is 2.37. The highest BCUT2D eigenvalue weighted by atomic mass is 16.4. The second-order valence-electron chi connectivity index (χ2n) is 4.23. The van der Waals surface area contributed by atoms with Crippen LogP contribution in [-0.2, 0) is 4.79 Å². The van der Waals surface area contributed by atoms with E-state index in [-0.39, 0.29) is 6.03 Å². The van der Waals surface area contributed by atoms with Crippen LogP contribution < -0.4 is 5.32 Å². The Morgan fingerprint density at radius 1 is 1.35 bits per heavy atom. The number of hydrogen-bond donors (Lipinski definition) is 2. The fourth-order valence-electron chi connectivity index (χ4n) is 2.25. The first-order chi connectivity index (χ1) is 7.86. The first kappa shape index (κ1) is 11.5. The molecule has 17 heavy (non-hydrogen) atoms. The number of nitrogens with one attached hydrogen (secondary N) is 1. The molecule has 0 aromatic rings. The molecule has 2 aliphatic rings. The molecule has 0 spiro atoms. The zero-order valence-electron chi connectivity index (χ0n) is 9.75. The number of carboxylic acid groups (broad SMARTS) is 1. The standard InChI is InChI=1S/C9H14N4O4/c1-4(7(14)15)13-6-5(10-8(13)16)11(2)9(17)12(6)3/h4-6H,1-3H3,(H,10,16)(H,14,15)/t4-,5+,6+/m1/s1. The highest BCUT2D eigenvalue weighted by molar-refractivity contribution is 5.88. The van der Waals surface area contributed by atoms with Gasteiger partial charge in [0.2, 0.25) is 0 Å². The predicted molar refractivity (Wildman–Crippen MR) is 56.0 cm³/mol. The van der Waals surface area contributed by atoms with E-state index in [0.717, 1.165) is 0 Å². The van der Waals surface area contributed by atoms with E-state index < -0.39 is 30.4 Å². The monoisotopic (exact) mass is 242 g/mol. The largest absolute Gasteiger partial charge is 0.480 e. The molecule has 0 aliphatic carbocycles. The Bertz CT molecular complexity index is 398. The summed E-state index contributed by atoms with van der Waals surface area (Å²) < 4.78 is 0. The van der Waals surface area contributed by atoms with Crippen LogP contribution in [0.2, 0.25) is 0 Å². The number of amides is 4. The van der Waals surface area contributed by atoms with Crippen molar-refractivity contribution < 1.29 is 19.5 Å². The average Bonchev–Trinajstić information content (AvgIpc) is 2.70. The van der Waals surface area contributed by atoms with Crippen molar-refractivity contribution in [1.82, 2.24) is 20.0 Å². The first-order valence-corrected chi connectivity index (χ1v) is 5.17. The van der Waals surface area contributed by atoms with Crippen LogP contribution in [0.4, 0.5) is 9.59 Å². The number of likely N-dealkylation sites (N-methyl/N-ethyl adjacent to an activating group) is 2. The Labute approximate surface area is 97.8 Å². The summed E-state index contributed by atoms with van der Waals surface area (Å²) in [5.41, 5.74) is 0. The highest BCUT2D eigenvalue weighted by Crippen LogP contribution is 2.28. The maximum absolute atomic E-state index is 11.7. The molecule has 0 radical (unpaired) electrons. The maximum Gasteiger partial charge on any atom is 0.326 e. The Morgan fingerprint density at radius 2 is 1.94 bits per heavy atom. The lowest BCUT2D eigenvalue weighted by Gasteiger charge is -2.29. The molecule has 8 heteroatoms. The van der Waals surface area contributed by atoms with Crippen LogP contribution in [0.3, 0.4) is 0 Å². The number of urea groups is 2. The Morgan fingerprint density at radius 3 is 2.47 bits per heavy atom. The van der Waals surface area contributed by atoms with E-state index in [1.807, 2.05) is 0 Å². The summed E-state index contributed by atoms with van der Waals surface area (Å²) in [5, 5.41) is 11.6. The molecular formula is C9H14N4O4. The van der Waals surface area contributed by atoms with Gasteiger partial charge in [-0.2, -0.15) is 0 Å². The molecule has 3 atom stereocenters. The SMILES string of the molecule is C[C@H](C(=O)O)N1C(=O)N[C@@H]2[C@H]1N(C)C(=O)N2C. The molecule has 0 unspecified atom stereocenters. The summed E-state index contributed by atoms with van der Waals surface area (Å²) in [7, 11) is 3.12. The van der Waals surface area contributed by atoms with Gasteiger partial charge in [0.15, 0.2) is 0 Å². The van der Waals surface area contributed by atoms with Gasteiger partial charge in [0.1, 0.15) is 18.4 Å². The number of hydrogen-bond acceptors (Lipinski definition) is 3. The Balaban J connectivity index is 2.33. The summed E-state index contributed by atoms with van der Waals surface area (Å²) in [5.74, 6) is -1.10. The topological polar surface area (TPSA) is 93.2 Å². The van der Waals surface area contributed by atoms with Gasteiger partial charge < -0.3 is 20.2 Å². The average molecular weight is 242 g/mol. The van der Waals surface area contributed by atoms with Crippen molar-refractivity contribution in [1.29, 1.82) is 0 Å². The maximum atomic E-state index is 11.7. The smallest absolute Gasteiger partial charge is 0.326 e. The van der Waals surface area contributed by atoms with E-state index in [1.54, 1.807) is 14.1 Å². The third-order valence-electron chi connectivity index (χ3n) is 3.27. The van der Waals surface area contributed by atoms with Gasteiger partial charge in [0.25, 0.3) is 0 Å². The molecule has 2 aliphatic heterocycles. The second-order valence-corrected chi connectivity index (χ2v) is 4.23. The molecular weight excluding hydrogens is 228 g/mol. The number of aliphatic carboxylic acids is 1. The van der Waals surface area contributed by atoms with Crippen LogP contribution in [0.15, 0.2) is 0 Å². The van der Waals surface area contributed by atoms with Gasteiger partial charge in [0, 0.05) is 14.1 Å². The molecule has 2 saturated heterocycles. The molecule has 2 heterocycles. The van der Waals surface area contributed by atoms with Gasteiger partial charge in [-0.25, -0.2) is 14.4 Å². The fraction of sp³-hybridized carbons (Fsp3) is 0.667. The predicted octanol–water partition coefficient (Wildman–Crippen LogP) is -0.866. The molecule has 0 saturated carbocycles. The summed E-state index contributed by atoms with van der Waals surface area (Å²) in [6.45, 7) is 1.42. The van der Waals surface area contributed by atoms with Crippen molar-refractivity contribution in [3.05, 3.63) is 0 Å². The van der Waals surface area contributed by atoms with Gasteiger partial charge in [-0.1, -0.05) is 0 Å². The molecule has 0 aromatic heterocycles. The molecule has 94 valence electrons. The van der Waals surface area contributed by atoms with E-state index in [4.69, 9.17) is 5.11 Å². The lowest BCUT2D eigenvalue weighted by Crippen LogP contribution is -2.51. The van der Waals surface area contributed by atoms with Crippen molar-refractivity contribution >= 4 is 18.0 Å². The van der Waals surface area contributed by atoms with Crippen LogP contribution in [0, 0.1) is 0 Å². The number of rotatable bonds is 2. The van der Waals surface area contributed by atoms with Crippen molar-refractivity contribution in [2.45, 2.75) is 25.3 Å². The van der Waals surface area contributed by atoms with Crippen LogP contribution in [-0.4, -0.2) is 70.3 Å².